The van der Waals surface area contributed by atoms with Crippen molar-refractivity contribution in [2.75, 3.05) is 13.1 Å². The number of hydrogen-bond donors (Lipinski definition) is 1. The molecule has 3 nitrogen and oxygen atoms in total. The van der Waals surface area contributed by atoms with Gasteiger partial charge >= 0.3 is 0 Å². The number of nitrogens with zero attached hydrogens (tertiary/aromatic N) is 1. The first-order valence-electron chi connectivity index (χ1n) is 10.2. The quantitative estimate of drug-likeness (QED) is 0.612. The molecule has 1 saturated heterocycles. The lowest BCUT2D eigenvalue weighted by atomic mass is 10.0. The highest BCUT2D eigenvalue weighted by molar-refractivity contribution is 7.98. The lowest BCUT2D eigenvalue weighted by Gasteiger charge is -2.32. The first kappa shape index (κ1) is 18.9. The van der Waals surface area contributed by atoms with Crippen molar-refractivity contribution in [2.24, 2.45) is 0 Å². The second kappa shape index (κ2) is 8.34. The minimum Gasteiger partial charge on any atom is -0.349 e. The summed E-state index contributed by atoms with van der Waals surface area (Å²) in [6.07, 6.45) is 2.03. The van der Waals surface area contributed by atoms with Crippen LogP contribution in [0.5, 0.6) is 0 Å². The third-order valence-electron chi connectivity index (χ3n) is 5.72. The van der Waals surface area contributed by atoms with Gasteiger partial charge in [0, 0.05) is 46.8 Å². The van der Waals surface area contributed by atoms with Crippen LogP contribution >= 0.6 is 23.1 Å². The fraction of sp³-hybridized carbons (Fsp3) is 0.292. The lowest BCUT2D eigenvalue weighted by molar-refractivity contribution is 0.0913. The molecule has 148 valence electrons. The molecule has 3 aromatic rings. The standard InChI is InChI=1S/C24H24N2OS2/c27-24(22-14-18-16-28-21-9-5-4-8-20(21)23(18)29-22)25-19-10-12-26(13-11-19)15-17-6-2-1-3-7-17/h1-9,14,19H,10-13,15-16H2,(H,25,27). The molecule has 1 amide bonds. The molecule has 2 aromatic carbocycles. The van der Waals surface area contributed by atoms with Crippen LogP contribution in [0.25, 0.3) is 10.4 Å². The first-order valence-corrected chi connectivity index (χ1v) is 12.0. The van der Waals surface area contributed by atoms with E-state index in [4.69, 9.17) is 0 Å². The van der Waals surface area contributed by atoms with Crippen LogP contribution in [0.3, 0.4) is 0 Å². The number of nitrogens with one attached hydrogen (secondary N) is 1. The SMILES string of the molecule is O=C(NC1CCN(Cc2ccccc2)CC1)c1cc2c(s1)-c1ccccc1SC2. The van der Waals surface area contributed by atoms with Gasteiger partial charge < -0.3 is 5.32 Å². The largest absolute Gasteiger partial charge is 0.349 e. The number of benzene rings is 2. The van der Waals surface area contributed by atoms with E-state index in [-0.39, 0.29) is 11.9 Å². The predicted octanol–water partition coefficient (Wildman–Crippen LogP) is 5.42. The van der Waals surface area contributed by atoms with Crippen molar-refractivity contribution in [3.05, 3.63) is 76.7 Å². The van der Waals surface area contributed by atoms with Crippen molar-refractivity contribution >= 4 is 29.0 Å². The Labute approximate surface area is 180 Å². The number of fused-ring (bicyclic) bond motifs is 3. The Morgan fingerprint density at radius 3 is 2.62 bits per heavy atom. The average molecular weight is 421 g/mol. The third-order valence-corrected chi connectivity index (χ3v) is 8.05. The van der Waals surface area contributed by atoms with Gasteiger partial charge in [0.2, 0.25) is 0 Å². The van der Waals surface area contributed by atoms with Crippen LogP contribution < -0.4 is 5.32 Å². The second-order valence-corrected chi connectivity index (χ2v) is 9.83. The number of carbonyl (C=O) groups is 1. The summed E-state index contributed by atoms with van der Waals surface area (Å²) < 4.78 is 0. The smallest absolute Gasteiger partial charge is 0.261 e. The van der Waals surface area contributed by atoms with Gasteiger partial charge in [-0.25, -0.2) is 0 Å². The van der Waals surface area contributed by atoms with Crippen LogP contribution in [0.15, 0.2) is 65.6 Å². The molecular formula is C24H24N2OS2. The van der Waals surface area contributed by atoms with Gasteiger partial charge in [-0.3, -0.25) is 9.69 Å². The van der Waals surface area contributed by atoms with Crippen molar-refractivity contribution in [2.45, 2.75) is 36.1 Å². The zero-order valence-electron chi connectivity index (χ0n) is 16.3. The van der Waals surface area contributed by atoms with Gasteiger partial charge in [0.15, 0.2) is 0 Å². The summed E-state index contributed by atoms with van der Waals surface area (Å²) in [5.74, 6) is 1.04. The summed E-state index contributed by atoms with van der Waals surface area (Å²) in [6, 6.07) is 21.5. The van der Waals surface area contributed by atoms with Crippen molar-refractivity contribution in [1.82, 2.24) is 10.2 Å². The number of amides is 1. The lowest BCUT2D eigenvalue weighted by Crippen LogP contribution is -2.44. The second-order valence-electron chi connectivity index (χ2n) is 7.76. The number of piperidine rings is 1. The minimum atomic E-state index is 0.0911. The predicted molar refractivity (Wildman–Crippen MR) is 122 cm³/mol. The van der Waals surface area contributed by atoms with E-state index in [9.17, 15) is 4.79 Å². The van der Waals surface area contributed by atoms with Gasteiger partial charge in [0.25, 0.3) is 5.91 Å². The Morgan fingerprint density at radius 1 is 1.03 bits per heavy atom. The van der Waals surface area contributed by atoms with E-state index in [1.807, 2.05) is 11.8 Å². The maximum atomic E-state index is 12.9. The summed E-state index contributed by atoms with van der Waals surface area (Å²) in [5, 5.41) is 3.29. The molecule has 0 unspecified atom stereocenters. The molecule has 0 aliphatic carbocycles. The van der Waals surface area contributed by atoms with E-state index < -0.39 is 0 Å². The summed E-state index contributed by atoms with van der Waals surface area (Å²) in [7, 11) is 0. The van der Waals surface area contributed by atoms with E-state index in [0.29, 0.717) is 0 Å². The van der Waals surface area contributed by atoms with Crippen LogP contribution in [0.1, 0.15) is 33.6 Å². The Hall–Kier alpha value is -2.08. The zero-order chi connectivity index (χ0) is 19.6. The first-order chi connectivity index (χ1) is 14.3. The van der Waals surface area contributed by atoms with Gasteiger partial charge in [-0.1, -0.05) is 48.5 Å². The average Bonchev–Trinajstić information content (AvgIpc) is 3.21. The van der Waals surface area contributed by atoms with Gasteiger partial charge in [0.1, 0.15) is 0 Å². The molecule has 2 aliphatic rings. The summed E-state index contributed by atoms with van der Waals surface area (Å²) in [4.78, 5) is 18.8. The number of carbonyl (C=O) groups excluding carboxylic acids is 1. The molecule has 3 heterocycles. The molecule has 2 aliphatic heterocycles. The molecule has 0 bridgehead atoms. The minimum absolute atomic E-state index is 0.0911. The fourth-order valence-electron chi connectivity index (χ4n) is 4.14. The number of hydrogen-bond acceptors (Lipinski definition) is 4. The van der Waals surface area contributed by atoms with Crippen molar-refractivity contribution in [3.63, 3.8) is 0 Å². The molecule has 29 heavy (non-hydrogen) atoms. The molecule has 5 heteroatoms. The van der Waals surface area contributed by atoms with Gasteiger partial charge in [-0.2, -0.15) is 0 Å². The van der Waals surface area contributed by atoms with Gasteiger partial charge in [-0.15, -0.1) is 23.1 Å². The summed E-state index contributed by atoms with van der Waals surface area (Å²) >= 11 is 3.50. The van der Waals surface area contributed by atoms with E-state index in [2.05, 4.69) is 70.9 Å². The molecule has 1 fully saturated rings. The highest BCUT2D eigenvalue weighted by Crippen LogP contribution is 2.45. The van der Waals surface area contributed by atoms with Crippen molar-refractivity contribution < 1.29 is 4.79 Å². The molecule has 0 saturated carbocycles. The third kappa shape index (κ3) is 4.13. The highest BCUT2D eigenvalue weighted by Gasteiger charge is 2.25. The van der Waals surface area contributed by atoms with E-state index in [1.165, 1.54) is 26.5 Å². The Kier molecular flexibility index (Phi) is 5.44. The van der Waals surface area contributed by atoms with Crippen LogP contribution in [0.2, 0.25) is 0 Å². The van der Waals surface area contributed by atoms with Crippen LogP contribution in [-0.4, -0.2) is 29.9 Å². The maximum absolute atomic E-state index is 12.9. The van der Waals surface area contributed by atoms with Crippen LogP contribution in [0.4, 0.5) is 0 Å². The molecule has 0 radical (unpaired) electrons. The monoisotopic (exact) mass is 420 g/mol. The van der Waals surface area contributed by atoms with Crippen molar-refractivity contribution in [3.8, 4) is 10.4 Å². The number of rotatable bonds is 4. The molecule has 1 aromatic heterocycles. The van der Waals surface area contributed by atoms with Crippen molar-refractivity contribution in [1.29, 1.82) is 0 Å². The normalized spacial score (nSPS) is 16.8. The number of likely N-dealkylation sites (tertiary alicyclic amines) is 1. The van der Waals surface area contributed by atoms with E-state index in [0.717, 1.165) is 43.1 Å². The highest BCUT2D eigenvalue weighted by atomic mass is 32.2. The Morgan fingerprint density at radius 2 is 1.79 bits per heavy atom. The summed E-state index contributed by atoms with van der Waals surface area (Å²) in [6.45, 7) is 3.06. The van der Waals surface area contributed by atoms with Gasteiger partial charge in [0.05, 0.1) is 4.88 Å². The fourth-order valence-corrected chi connectivity index (χ4v) is 6.46. The van der Waals surface area contributed by atoms with E-state index in [1.54, 1.807) is 11.3 Å². The van der Waals surface area contributed by atoms with Gasteiger partial charge in [-0.05, 0) is 36.1 Å². The molecule has 0 spiro atoms. The molecule has 5 rings (SSSR count). The summed E-state index contributed by atoms with van der Waals surface area (Å²) in [5.41, 5.74) is 3.93. The molecule has 1 N–H and O–H groups in total. The number of thiophene rings is 1. The van der Waals surface area contributed by atoms with E-state index >= 15 is 0 Å². The number of thioether (sulfide) groups is 1. The molecular weight excluding hydrogens is 396 g/mol. The Bertz CT molecular complexity index is 1010. The van der Waals surface area contributed by atoms with Crippen LogP contribution in [-0.2, 0) is 12.3 Å². The van der Waals surface area contributed by atoms with Crippen LogP contribution in [0, 0.1) is 0 Å². The zero-order valence-corrected chi connectivity index (χ0v) is 17.9. The molecule has 0 atom stereocenters. The maximum Gasteiger partial charge on any atom is 0.261 e. The topological polar surface area (TPSA) is 32.3 Å². The Balaban J connectivity index is 1.20.